The third-order valence-corrected chi connectivity index (χ3v) is 6.01. The molecule has 0 radical (unpaired) electrons. The highest BCUT2D eigenvalue weighted by atomic mass is 16.5. The van der Waals surface area contributed by atoms with Gasteiger partial charge in [0.25, 0.3) is 5.91 Å². The lowest BCUT2D eigenvalue weighted by molar-refractivity contribution is -0.123. The Morgan fingerprint density at radius 1 is 0.769 bits per heavy atom. The zero-order chi connectivity index (χ0) is 27.0. The number of nitrogens with zero attached hydrogens (tertiary/aromatic N) is 1. The molecule has 7 heteroatoms. The van der Waals surface area contributed by atoms with Crippen LogP contribution in [-0.2, 0) is 4.79 Å². The number of esters is 1. The lowest BCUT2D eigenvalue weighted by atomic mass is 10.0. The number of hydrazone groups is 1. The zero-order valence-electron chi connectivity index (χ0n) is 21.3. The minimum Gasteiger partial charge on any atom is -0.494 e. The first-order valence-electron chi connectivity index (χ1n) is 12.5. The molecule has 39 heavy (non-hydrogen) atoms. The van der Waals surface area contributed by atoms with Crippen LogP contribution in [0.25, 0.3) is 21.5 Å². The van der Waals surface area contributed by atoms with Crippen molar-refractivity contribution in [1.82, 2.24) is 5.43 Å². The van der Waals surface area contributed by atoms with Gasteiger partial charge in [-0.05, 0) is 70.9 Å². The van der Waals surface area contributed by atoms with Crippen molar-refractivity contribution in [1.29, 1.82) is 0 Å². The highest BCUT2D eigenvalue weighted by molar-refractivity contribution is 6.04. The number of rotatable bonds is 9. The number of ether oxygens (including phenoxy) is 3. The van der Waals surface area contributed by atoms with Gasteiger partial charge < -0.3 is 14.2 Å². The number of benzene rings is 5. The molecule has 194 valence electrons. The van der Waals surface area contributed by atoms with E-state index in [9.17, 15) is 9.59 Å². The van der Waals surface area contributed by atoms with E-state index in [2.05, 4.69) is 10.5 Å². The molecule has 0 saturated carbocycles. The van der Waals surface area contributed by atoms with Crippen LogP contribution in [-0.4, -0.2) is 31.3 Å². The highest BCUT2D eigenvalue weighted by Crippen LogP contribution is 2.28. The van der Waals surface area contributed by atoms with E-state index in [1.54, 1.807) is 30.3 Å². The zero-order valence-corrected chi connectivity index (χ0v) is 21.3. The van der Waals surface area contributed by atoms with Crippen LogP contribution in [0.3, 0.4) is 0 Å². The molecule has 0 fully saturated rings. The Morgan fingerprint density at radius 3 is 2.26 bits per heavy atom. The molecule has 0 unspecified atom stereocenters. The second-order valence-corrected chi connectivity index (χ2v) is 8.64. The largest absolute Gasteiger partial charge is 0.494 e. The minimum atomic E-state index is -0.518. The lowest BCUT2D eigenvalue weighted by Gasteiger charge is -2.11. The van der Waals surface area contributed by atoms with Gasteiger partial charge in [-0.1, -0.05) is 60.7 Å². The molecule has 0 aliphatic heterocycles. The Bertz CT molecular complexity index is 1660. The standard InChI is InChI=1S/C32H26N2O5/c1-2-37-26-15-12-24(13-16-26)32(36)39-30-18-14-23-8-5-6-10-28(23)29(30)20-33-34-31(35)21-38-27-17-11-22-7-3-4-9-25(22)19-27/h3-20H,2,21H2,1H3,(H,34,35). The number of carbonyl (C=O) groups is 2. The molecule has 0 bridgehead atoms. The number of fused-ring (bicyclic) bond motifs is 2. The monoisotopic (exact) mass is 518 g/mol. The summed E-state index contributed by atoms with van der Waals surface area (Å²) in [7, 11) is 0. The average molecular weight is 519 g/mol. The molecule has 5 aromatic rings. The number of nitrogens with one attached hydrogen (secondary N) is 1. The number of amides is 1. The quantitative estimate of drug-likeness (QED) is 0.110. The van der Waals surface area contributed by atoms with E-state index < -0.39 is 11.9 Å². The van der Waals surface area contributed by atoms with Crippen LogP contribution in [0.5, 0.6) is 17.2 Å². The maximum Gasteiger partial charge on any atom is 0.343 e. The normalized spacial score (nSPS) is 11.0. The molecule has 0 atom stereocenters. The number of hydrogen-bond acceptors (Lipinski definition) is 6. The second-order valence-electron chi connectivity index (χ2n) is 8.64. The fourth-order valence-corrected chi connectivity index (χ4v) is 4.12. The summed E-state index contributed by atoms with van der Waals surface area (Å²) in [5.74, 6) is 0.639. The van der Waals surface area contributed by atoms with E-state index in [1.807, 2.05) is 79.7 Å². The highest BCUT2D eigenvalue weighted by Gasteiger charge is 2.14. The summed E-state index contributed by atoms with van der Waals surface area (Å²) in [6.07, 6.45) is 1.47. The molecule has 0 aromatic heterocycles. The van der Waals surface area contributed by atoms with Crippen LogP contribution in [0.1, 0.15) is 22.8 Å². The van der Waals surface area contributed by atoms with Crippen molar-refractivity contribution in [3.63, 3.8) is 0 Å². The van der Waals surface area contributed by atoms with Crippen LogP contribution >= 0.6 is 0 Å². The first-order valence-corrected chi connectivity index (χ1v) is 12.5. The summed E-state index contributed by atoms with van der Waals surface area (Å²) in [6, 6.07) is 31.5. The van der Waals surface area contributed by atoms with Gasteiger partial charge in [0.1, 0.15) is 17.2 Å². The van der Waals surface area contributed by atoms with Gasteiger partial charge in [-0.15, -0.1) is 0 Å². The van der Waals surface area contributed by atoms with Crippen LogP contribution in [0, 0.1) is 0 Å². The number of carbonyl (C=O) groups excluding carboxylic acids is 2. The molecule has 7 nitrogen and oxygen atoms in total. The second kappa shape index (κ2) is 11.9. The van der Waals surface area contributed by atoms with Crippen molar-refractivity contribution < 1.29 is 23.8 Å². The van der Waals surface area contributed by atoms with Gasteiger partial charge in [0.2, 0.25) is 0 Å². The molecule has 5 rings (SSSR count). The maximum absolute atomic E-state index is 12.9. The molecule has 0 aliphatic carbocycles. The molecule has 0 heterocycles. The van der Waals surface area contributed by atoms with Crippen molar-refractivity contribution >= 4 is 39.6 Å². The van der Waals surface area contributed by atoms with Gasteiger partial charge in [0, 0.05) is 5.56 Å². The summed E-state index contributed by atoms with van der Waals surface area (Å²) in [6.45, 7) is 2.23. The summed E-state index contributed by atoms with van der Waals surface area (Å²) in [5.41, 5.74) is 3.43. The Hall–Kier alpha value is -5.17. The fourth-order valence-electron chi connectivity index (χ4n) is 4.12. The van der Waals surface area contributed by atoms with Crippen LogP contribution in [0.4, 0.5) is 0 Å². The smallest absolute Gasteiger partial charge is 0.343 e. The van der Waals surface area contributed by atoms with Crippen molar-refractivity contribution in [2.24, 2.45) is 5.10 Å². The summed E-state index contributed by atoms with van der Waals surface area (Å²) < 4.78 is 16.8. The van der Waals surface area contributed by atoms with E-state index in [0.717, 1.165) is 21.5 Å². The molecule has 5 aromatic carbocycles. The van der Waals surface area contributed by atoms with Crippen LogP contribution < -0.4 is 19.6 Å². The molecular weight excluding hydrogens is 492 g/mol. The third-order valence-electron chi connectivity index (χ3n) is 6.01. The van der Waals surface area contributed by atoms with Gasteiger partial charge in [0.15, 0.2) is 6.61 Å². The Balaban J connectivity index is 1.28. The topological polar surface area (TPSA) is 86.2 Å². The fraction of sp³-hybridized carbons (Fsp3) is 0.0938. The van der Waals surface area contributed by atoms with Crippen molar-refractivity contribution in [2.45, 2.75) is 6.92 Å². The maximum atomic E-state index is 12.9. The summed E-state index contributed by atoms with van der Waals surface area (Å²) in [4.78, 5) is 25.3. The van der Waals surface area contributed by atoms with E-state index in [4.69, 9.17) is 14.2 Å². The lowest BCUT2D eigenvalue weighted by Crippen LogP contribution is -2.24. The third kappa shape index (κ3) is 6.22. The van der Waals surface area contributed by atoms with Crippen LogP contribution in [0.15, 0.2) is 108 Å². The Kier molecular flexibility index (Phi) is 7.79. The summed E-state index contributed by atoms with van der Waals surface area (Å²) in [5, 5.41) is 7.99. The molecular formula is C32H26N2O5. The van der Waals surface area contributed by atoms with Crippen molar-refractivity contribution in [3.8, 4) is 17.2 Å². The van der Waals surface area contributed by atoms with E-state index in [0.29, 0.717) is 35.0 Å². The van der Waals surface area contributed by atoms with Gasteiger partial charge in [-0.3, -0.25) is 4.79 Å². The van der Waals surface area contributed by atoms with E-state index >= 15 is 0 Å². The van der Waals surface area contributed by atoms with Crippen molar-refractivity contribution in [3.05, 3.63) is 114 Å². The number of hydrogen-bond donors (Lipinski definition) is 1. The van der Waals surface area contributed by atoms with Gasteiger partial charge in [0.05, 0.1) is 18.4 Å². The first-order chi connectivity index (χ1) is 19.1. The van der Waals surface area contributed by atoms with Gasteiger partial charge in [-0.2, -0.15) is 5.10 Å². The van der Waals surface area contributed by atoms with Gasteiger partial charge in [-0.25, -0.2) is 10.2 Å². The van der Waals surface area contributed by atoms with Crippen molar-refractivity contribution in [2.75, 3.05) is 13.2 Å². The minimum absolute atomic E-state index is 0.204. The SMILES string of the molecule is CCOc1ccc(C(=O)Oc2ccc3ccccc3c2C=NNC(=O)COc2ccc3ccccc3c2)cc1. The molecule has 0 aliphatic rings. The Morgan fingerprint density at radius 2 is 1.46 bits per heavy atom. The molecule has 0 saturated heterocycles. The van der Waals surface area contributed by atoms with E-state index in [-0.39, 0.29) is 6.61 Å². The summed E-state index contributed by atoms with van der Waals surface area (Å²) >= 11 is 0. The first kappa shape index (κ1) is 25.5. The molecule has 1 amide bonds. The predicted molar refractivity (Wildman–Crippen MR) is 152 cm³/mol. The molecule has 0 spiro atoms. The van der Waals surface area contributed by atoms with E-state index in [1.165, 1.54) is 6.21 Å². The predicted octanol–water partition coefficient (Wildman–Crippen LogP) is 6.14. The molecule has 1 N–H and O–H groups in total. The Labute approximate surface area is 225 Å². The average Bonchev–Trinajstić information content (AvgIpc) is 2.97. The van der Waals surface area contributed by atoms with Gasteiger partial charge >= 0.3 is 5.97 Å². The van der Waals surface area contributed by atoms with Crippen LogP contribution in [0.2, 0.25) is 0 Å².